The summed E-state index contributed by atoms with van der Waals surface area (Å²) < 4.78 is 13.5. The van der Waals surface area contributed by atoms with E-state index in [1.165, 1.54) is 6.07 Å². The summed E-state index contributed by atoms with van der Waals surface area (Å²) >= 11 is 1.59. The van der Waals surface area contributed by atoms with Gasteiger partial charge in [0.15, 0.2) is 0 Å². The fourth-order valence-corrected chi connectivity index (χ4v) is 3.01. The van der Waals surface area contributed by atoms with E-state index in [1.807, 2.05) is 12.1 Å². The van der Waals surface area contributed by atoms with Gasteiger partial charge in [-0.1, -0.05) is 39.8 Å². The molecular formula is C15H24FNS. The highest BCUT2D eigenvalue weighted by molar-refractivity contribution is 7.99. The van der Waals surface area contributed by atoms with E-state index in [9.17, 15) is 4.39 Å². The molecule has 18 heavy (non-hydrogen) atoms. The lowest BCUT2D eigenvalue weighted by molar-refractivity contribution is 0.292. The summed E-state index contributed by atoms with van der Waals surface area (Å²) in [4.78, 5) is 0.741. The molecule has 0 saturated carbocycles. The Bertz CT molecular complexity index is 360. The largest absolute Gasteiger partial charge is 0.313 e. The molecule has 0 fully saturated rings. The zero-order chi connectivity index (χ0) is 13.6. The second kappa shape index (κ2) is 7.15. The van der Waals surface area contributed by atoms with Crippen molar-refractivity contribution < 1.29 is 4.39 Å². The summed E-state index contributed by atoms with van der Waals surface area (Å²) in [6, 6.07) is 7.38. The Hall–Kier alpha value is -0.540. The van der Waals surface area contributed by atoms with E-state index in [0.29, 0.717) is 6.04 Å². The average molecular weight is 269 g/mol. The molecule has 1 rings (SSSR count). The summed E-state index contributed by atoms with van der Waals surface area (Å²) in [7, 11) is 0. The summed E-state index contributed by atoms with van der Waals surface area (Å²) in [6.07, 6.45) is 1.12. The molecule has 0 amide bonds. The van der Waals surface area contributed by atoms with Crippen LogP contribution in [0.2, 0.25) is 0 Å². The Morgan fingerprint density at radius 1 is 1.28 bits per heavy atom. The smallest absolute Gasteiger partial charge is 0.136 e. The predicted molar refractivity (Wildman–Crippen MR) is 78.7 cm³/mol. The normalized spacial score (nSPS) is 13.6. The zero-order valence-electron chi connectivity index (χ0n) is 11.8. The van der Waals surface area contributed by atoms with Crippen LogP contribution in [0.25, 0.3) is 0 Å². The van der Waals surface area contributed by atoms with Crippen LogP contribution < -0.4 is 5.32 Å². The Labute approximate surface area is 115 Å². The summed E-state index contributed by atoms with van der Waals surface area (Å²) in [5, 5.41) is 3.56. The molecule has 0 aliphatic carbocycles. The maximum atomic E-state index is 13.5. The number of nitrogens with one attached hydrogen (secondary N) is 1. The van der Waals surface area contributed by atoms with Crippen LogP contribution in [0.15, 0.2) is 29.2 Å². The van der Waals surface area contributed by atoms with Gasteiger partial charge in [0.2, 0.25) is 0 Å². The van der Waals surface area contributed by atoms with Crippen LogP contribution in [-0.4, -0.2) is 18.3 Å². The Kier molecular flexibility index (Phi) is 6.16. The molecule has 0 radical (unpaired) electrons. The van der Waals surface area contributed by atoms with Crippen molar-refractivity contribution in [1.82, 2.24) is 5.32 Å². The molecule has 1 atom stereocenters. The minimum absolute atomic E-state index is 0.120. The van der Waals surface area contributed by atoms with Gasteiger partial charge < -0.3 is 5.32 Å². The first-order valence-electron chi connectivity index (χ1n) is 6.56. The van der Waals surface area contributed by atoms with Gasteiger partial charge in [0.05, 0.1) is 0 Å². The average Bonchev–Trinajstić information content (AvgIpc) is 2.29. The van der Waals surface area contributed by atoms with Crippen LogP contribution in [0, 0.1) is 11.2 Å². The molecule has 0 saturated heterocycles. The van der Waals surface area contributed by atoms with Crippen LogP contribution >= 0.6 is 11.8 Å². The van der Waals surface area contributed by atoms with Gasteiger partial charge in [0.1, 0.15) is 5.82 Å². The number of benzene rings is 1. The van der Waals surface area contributed by atoms with Crippen LogP contribution in [0.4, 0.5) is 4.39 Å². The molecule has 0 aromatic heterocycles. The van der Waals surface area contributed by atoms with E-state index in [4.69, 9.17) is 0 Å². The van der Waals surface area contributed by atoms with Crippen molar-refractivity contribution in [2.24, 2.45) is 5.41 Å². The van der Waals surface area contributed by atoms with Crippen LogP contribution in [-0.2, 0) is 0 Å². The standard InChI is InChI=1S/C15H24FNS/c1-5-10-17-14(15(2,3)4)11-18-13-9-7-6-8-12(13)16/h6-9,14,17H,5,10-11H2,1-4H3. The first-order valence-corrected chi connectivity index (χ1v) is 7.54. The Morgan fingerprint density at radius 2 is 1.94 bits per heavy atom. The lowest BCUT2D eigenvalue weighted by Gasteiger charge is -2.31. The molecule has 102 valence electrons. The van der Waals surface area contributed by atoms with Crippen LogP contribution in [0.3, 0.4) is 0 Å². The van der Waals surface area contributed by atoms with Crippen molar-refractivity contribution in [3.8, 4) is 0 Å². The van der Waals surface area contributed by atoms with Gasteiger partial charge in [-0.2, -0.15) is 0 Å². The summed E-state index contributed by atoms with van der Waals surface area (Å²) in [6.45, 7) is 9.85. The van der Waals surface area contributed by atoms with Crippen molar-refractivity contribution in [1.29, 1.82) is 0 Å². The third-order valence-corrected chi connectivity index (χ3v) is 4.07. The monoisotopic (exact) mass is 269 g/mol. The molecule has 0 bridgehead atoms. The molecule has 1 unspecified atom stereocenters. The van der Waals surface area contributed by atoms with Crippen molar-refractivity contribution in [3.63, 3.8) is 0 Å². The molecule has 1 aromatic rings. The van der Waals surface area contributed by atoms with E-state index in [1.54, 1.807) is 17.8 Å². The minimum atomic E-state index is -0.120. The topological polar surface area (TPSA) is 12.0 Å². The molecule has 0 aliphatic rings. The van der Waals surface area contributed by atoms with Crippen molar-refractivity contribution in [3.05, 3.63) is 30.1 Å². The van der Waals surface area contributed by atoms with E-state index < -0.39 is 0 Å². The van der Waals surface area contributed by atoms with Gasteiger partial charge in [-0.05, 0) is 30.5 Å². The maximum Gasteiger partial charge on any atom is 0.136 e. The molecule has 1 aromatic carbocycles. The van der Waals surface area contributed by atoms with E-state index in [2.05, 4.69) is 33.0 Å². The first kappa shape index (κ1) is 15.5. The fraction of sp³-hybridized carbons (Fsp3) is 0.600. The van der Waals surface area contributed by atoms with Gasteiger partial charge in [-0.3, -0.25) is 0 Å². The van der Waals surface area contributed by atoms with Gasteiger partial charge in [0.25, 0.3) is 0 Å². The highest BCUT2D eigenvalue weighted by Crippen LogP contribution is 2.28. The number of hydrogen-bond acceptors (Lipinski definition) is 2. The summed E-state index contributed by atoms with van der Waals surface area (Å²) in [5.41, 5.74) is 0.188. The van der Waals surface area contributed by atoms with Crippen molar-refractivity contribution >= 4 is 11.8 Å². The van der Waals surface area contributed by atoms with E-state index in [-0.39, 0.29) is 11.2 Å². The van der Waals surface area contributed by atoms with Gasteiger partial charge in [-0.25, -0.2) is 4.39 Å². The van der Waals surface area contributed by atoms with Gasteiger partial charge >= 0.3 is 0 Å². The highest BCUT2D eigenvalue weighted by Gasteiger charge is 2.24. The highest BCUT2D eigenvalue weighted by atomic mass is 32.2. The number of halogens is 1. The van der Waals surface area contributed by atoms with Gasteiger partial charge in [0, 0.05) is 16.7 Å². The minimum Gasteiger partial charge on any atom is -0.313 e. The molecular weight excluding hydrogens is 245 g/mol. The molecule has 1 N–H and O–H groups in total. The Balaban J connectivity index is 2.59. The maximum absolute atomic E-state index is 13.5. The van der Waals surface area contributed by atoms with E-state index >= 15 is 0 Å². The Morgan fingerprint density at radius 3 is 2.50 bits per heavy atom. The van der Waals surface area contributed by atoms with Crippen molar-refractivity contribution in [2.75, 3.05) is 12.3 Å². The van der Waals surface area contributed by atoms with Crippen molar-refractivity contribution in [2.45, 2.75) is 45.1 Å². The number of rotatable bonds is 6. The van der Waals surface area contributed by atoms with Crippen LogP contribution in [0.1, 0.15) is 34.1 Å². The molecule has 0 aliphatic heterocycles. The molecule has 3 heteroatoms. The second-order valence-electron chi connectivity index (χ2n) is 5.61. The predicted octanol–water partition coefficient (Wildman–Crippen LogP) is 4.33. The zero-order valence-corrected chi connectivity index (χ0v) is 12.6. The lowest BCUT2D eigenvalue weighted by atomic mass is 9.88. The molecule has 0 heterocycles. The molecule has 1 nitrogen and oxygen atoms in total. The second-order valence-corrected chi connectivity index (χ2v) is 6.68. The van der Waals surface area contributed by atoms with Gasteiger partial charge in [-0.15, -0.1) is 11.8 Å². The quantitative estimate of drug-likeness (QED) is 0.771. The van der Waals surface area contributed by atoms with Crippen LogP contribution in [0.5, 0.6) is 0 Å². The fourth-order valence-electron chi connectivity index (χ4n) is 1.67. The third-order valence-electron chi connectivity index (χ3n) is 2.93. The number of thioether (sulfide) groups is 1. The third kappa shape index (κ3) is 4.99. The number of hydrogen-bond donors (Lipinski definition) is 1. The SMILES string of the molecule is CCCNC(CSc1ccccc1F)C(C)(C)C. The summed E-state index contributed by atoms with van der Waals surface area (Å²) in [5.74, 6) is 0.774. The first-order chi connectivity index (χ1) is 8.45. The lowest BCUT2D eigenvalue weighted by Crippen LogP contribution is -2.42. The van der Waals surface area contributed by atoms with E-state index in [0.717, 1.165) is 23.6 Å². The molecule has 0 spiro atoms.